The Morgan fingerprint density at radius 1 is 1.32 bits per heavy atom. The zero-order valence-corrected chi connectivity index (χ0v) is 13.4. The highest BCUT2D eigenvalue weighted by Gasteiger charge is 2.53. The van der Waals surface area contributed by atoms with E-state index in [1.54, 1.807) is 30.3 Å². The number of benzene rings is 1. The van der Waals surface area contributed by atoms with Gasteiger partial charge in [-0.3, -0.25) is 14.6 Å². The van der Waals surface area contributed by atoms with Crippen LogP contribution in [-0.4, -0.2) is 58.5 Å². The maximum Gasteiger partial charge on any atom is 0.328 e. The molecule has 1 aromatic rings. The Kier molecular flexibility index (Phi) is 3.34. The summed E-state index contributed by atoms with van der Waals surface area (Å²) in [4.78, 5) is 33.6. The first-order chi connectivity index (χ1) is 12.0. The van der Waals surface area contributed by atoms with Gasteiger partial charge in [-0.2, -0.15) is 0 Å². The number of fused-ring (bicyclic) bond motifs is 3. The van der Waals surface area contributed by atoms with Crippen molar-refractivity contribution >= 4 is 23.7 Å². The second-order valence-corrected chi connectivity index (χ2v) is 5.91. The number of imide groups is 1. The van der Waals surface area contributed by atoms with Crippen molar-refractivity contribution in [2.24, 2.45) is 4.99 Å². The van der Waals surface area contributed by atoms with Crippen LogP contribution < -0.4 is 0 Å². The van der Waals surface area contributed by atoms with E-state index in [1.165, 1.54) is 23.1 Å². The van der Waals surface area contributed by atoms with Gasteiger partial charge in [0.2, 0.25) is 0 Å². The van der Waals surface area contributed by atoms with Gasteiger partial charge in [0.05, 0.1) is 6.20 Å². The van der Waals surface area contributed by atoms with Gasteiger partial charge in [0, 0.05) is 19.2 Å². The lowest BCUT2D eigenvalue weighted by Crippen LogP contribution is -2.64. The number of likely N-dealkylation sites (N-methyl/N-ethyl adjacent to an activating group) is 1. The van der Waals surface area contributed by atoms with E-state index in [1.807, 2.05) is 0 Å². The quantitative estimate of drug-likeness (QED) is 0.783. The fourth-order valence-electron chi connectivity index (χ4n) is 3.13. The molecule has 7 nitrogen and oxygen atoms in total. The standard InChI is InChI=1S/C17H15FN4O3/c1-3-8-21-15(23)13-14(20(2)17(21)24)19-16-22(13)9-12(25-16)10-4-6-11(18)7-5-10/h3-7,9,13-14H,1,8H2,2H3. The van der Waals surface area contributed by atoms with Crippen molar-refractivity contribution in [3.8, 4) is 0 Å². The lowest BCUT2D eigenvalue weighted by molar-refractivity contribution is -0.136. The summed E-state index contributed by atoms with van der Waals surface area (Å²) in [5, 5.41) is 0. The molecule has 3 aliphatic rings. The SMILES string of the molecule is C=CCN1C(=O)C2C(N=C3OC(c4ccc(F)cc4)=CN32)N(C)C1=O. The molecule has 4 rings (SSSR count). The fraction of sp³-hybridized carbons (Fsp3) is 0.235. The van der Waals surface area contributed by atoms with E-state index in [9.17, 15) is 14.0 Å². The molecule has 25 heavy (non-hydrogen) atoms. The summed E-state index contributed by atoms with van der Waals surface area (Å²) in [6, 6.07) is 4.99. The maximum absolute atomic E-state index is 13.1. The van der Waals surface area contributed by atoms with Crippen molar-refractivity contribution in [1.29, 1.82) is 0 Å². The minimum Gasteiger partial charge on any atom is -0.423 e. The Bertz CT molecular complexity index is 833. The van der Waals surface area contributed by atoms with Crippen LogP contribution in [0.15, 0.2) is 48.1 Å². The van der Waals surface area contributed by atoms with Crippen LogP contribution in [0.4, 0.5) is 9.18 Å². The van der Waals surface area contributed by atoms with Crippen molar-refractivity contribution in [3.05, 3.63) is 54.5 Å². The summed E-state index contributed by atoms with van der Waals surface area (Å²) in [7, 11) is 1.60. The third-order valence-corrected chi connectivity index (χ3v) is 4.39. The number of nitrogens with zero attached hydrogens (tertiary/aromatic N) is 4. The molecule has 2 unspecified atom stereocenters. The molecule has 0 aromatic heterocycles. The highest BCUT2D eigenvalue weighted by atomic mass is 19.1. The van der Waals surface area contributed by atoms with Crippen LogP contribution >= 0.6 is 0 Å². The molecule has 0 N–H and O–H groups in total. The number of carbonyl (C=O) groups is 2. The lowest BCUT2D eigenvalue weighted by Gasteiger charge is -2.39. The molecule has 128 valence electrons. The van der Waals surface area contributed by atoms with Gasteiger partial charge in [-0.15, -0.1) is 6.58 Å². The monoisotopic (exact) mass is 342 g/mol. The molecular formula is C17H15FN4O3. The first-order valence-electron chi connectivity index (χ1n) is 7.72. The van der Waals surface area contributed by atoms with Crippen LogP contribution in [0.5, 0.6) is 0 Å². The van der Waals surface area contributed by atoms with Crippen LogP contribution in [0.3, 0.4) is 0 Å². The van der Waals surface area contributed by atoms with Gasteiger partial charge in [-0.1, -0.05) is 6.08 Å². The topological polar surface area (TPSA) is 65.5 Å². The number of amidine groups is 1. The molecule has 1 aromatic carbocycles. The second kappa shape index (κ2) is 5.44. The number of carbonyl (C=O) groups excluding carboxylic acids is 2. The minimum atomic E-state index is -0.685. The average Bonchev–Trinajstić information content (AvgIpc) is 3.15. The molecule has 0 saturated carbocycles. The molecule has 1 fully saturated rings. The van der Waals surface area contributed by atoms with Crippen LogP contribution in [-0.2, 0) is 9.53 Å². The van der Waals surface area contributed by atoms with Gasteiger partial charge in [0.25, 0.3) is 11.9 Å². The number of rotatable bonds is 3. The molecule has 0 aliphatic carbocycles. The molecule has 3 aliphatic heterocycles. The smallest absolute Gasteiger partial charge is 0.328 e. The van der Waals surface area contributed by atoms with Crippen LogP contribution in [0, 0.1) is 5.82 Å². The summed E-state index contributed by atoms with van der Waals surface area (Å²) in [5.41, 5.74) is 0.672. The van der Waals surface area contributed by atoms with E-state index >= 15 is 0 Å². The summed E-state index contributed by atoms with van der Waals surface area (Å²) in [6.45, 7) is 3.71. The normalized spacial score (nSPS) is 24.6. The predicted molar refractivity (Wildman–Crippen MR) is 87.4 cm³/mol. The van der Waals surface area contributed by atoms with Crippen molar-refractivity contribution in [1.82, 2.24) is 14.7 Å². The first kappa shape index (κ1) is 15.4. The van der Waals surface area contributed by atoms with Crippen LogP contribution in [0.2, 0.25) is 0 Å². The molecular weight excluding hydrogens is 327 g/mol. The largest absolute Gasteiger partial charge is 0.423 e. The average molecular weight is 342 g/mol. The van der Waals surface area contributed by atoms with E-state index in [4.69, 9.17) is 4.74 Å². The summed E-state index contributed by atoms with van der Waals surface area (Å²) < 4.78 is 18.8. The Hall–Kier alpha value is -3.16. The zero-order chi connectivity index (χ0) is 17.7. The molecule has 3 amide bonds. The maximum atomic E-state index is 13.1. The van der Waals surface area contributed by atoms with Crippen molar-refractivity contribution in [2.45, 2.75) is 12.2 Å². The Balaban J connectivity index is 1.66. The fourth-order valence-corrected chi connectivity index (χ4v) is 3.13. The van der Waals surface area contributed by atoms with E-state index in [-0.39, 0.29) is 24.3 Å². The van der Waals surface area contributed by atoms with Gasteiger partial charge in [0.1, 0.15) is 5.82 Å². The molecule has 0 bridgehead atoms. The summed E-state index contributed by atoms with van der Waals surface area (Å²) in [5.74, 6) is -0.227. The molecule has 0 spiro atoms. The summed E-state index contributed by atoms with van der Waals surface area (Å²) >= 11 is 0. The minimum absolute atomic E-state index is 0.129. The van der Waals surface area contributed by atoms with E-state index in [2.05, 4.69) is 11.6 Å². The van der Waals surface area contributed by atoms with E-state index in [0.29, 0.717) is 11.3 Å². The number of hydrogen-bond acceptors (Lipinski definition) is 5. The van der Waals surface area contributed by atoms with E-state index in [0.717, 1.165) is 4.90 Å². The molecule has 3 heterocycles. The third kappa shape index (κ3) is 2.21. The van der Waals surface area contributed by atoms with E-state index < -0.39 is 18.2 Å². The molecule has 2 atom stereocenters. The van der Waals surface area contributed by atoms with Crippen molar-refractivity contribution < 1.29 is 18.7 Å². The van der Waals surface area contributed by atoms with Crippen LogP contribution in [0.1, 0.15) is 5.56 Å². The van der Waals surface area contributed by atoms with Gasteiger partial charge in [0.15, 0.2) is 18.0 Å². The first-order valence-corrected chi connectivity index (χ1v) is 7.72. The number of hydrogen-bond donors (Lipinski definition) is 0. The Morgan fingerprint density at radius 3 is 2.72 bits per heavy atom. The number of ether oxygens (including phenoxy) is 1. The van der Waals surface area contributed by atoms with Gasteiger partial charge in [-0.25, -0.2) is 14.2 Å². The lowest BCUT2D eigenvalue weighted by atomic mass is 10.1. The molecule has 1 saturated heterocycles. The van der Waals surface area contributed by atoms with Crippen molar-refractivity contribution in [3.63, 3.8) is 0 Å². The second-order valence-electron chi connectivity index (χ2n) is 5.91. The van der Waals surface area contributed by atoms with Crippen LogP contribution in [0.25, 0.3) is 5.76 Å². The molecule has 8 heteroatoms. The zero-order valence-electron chi connectivity index (χ0n) is 13.4. The highest BCUT2D eigenvalue weighted by Crippen LogP contribution is 2.35. The third-order valence-electron chi connectivity index (χ3n) is 4.39. The van der Waals surface area contributed by atoms with Gasteiger partial charge >= 0.3 is 6.03 Å². The Labute approximate surface area is 143 Å². The van der Waals surface area contributed by atoms with Gasteiger partial charge in [-0.05, 0) is 24.3 Å². The highest BCUT2D eigenvalue weighted by molar-refractivity contribution is 6.04. The number of urea groups is 1. The molecule has 0 radical (unpaired) electrons. The number of halogens is 1. The van der Waals surface area contributed by atoms with Crippen molar-refractivity contribution in [2.75, 3.05) is 13.6 Å². The number of amides is 3. The number of aliphatic imine (C=N–C) groups is 1. The summed E-state index contributed by atoms with van der Waals surface area (Å²) in [6.07, 6.45) is 2.52. The van der Waals surface area contributed by atoms with Gasteiger partial charge < -0.3 is 9.64 Å². The predicted octanol–water partition coefficient (Wildman–Crippen LogP) is 1.60. The Morgan fingerprint density at radius 2 is 2.04 bits per heavy atom.